The van der Waals surface area contributed by atoms with E-state index < -0.39 is 90.1 Å². The van der Waals surface area contributed by atoms with Gasteiger partial charge in [0.05, 0.1) is 61.7 Å². The zero-order chi connectivity index (χ0) is 55.1. The number of benzene rings is 1. The summed E-state index contributed by atoms with van der Waals surface area (Å²) >= 11 is 0. The van der Waals surface area contributed by atoms with Gasteiger partial charge in [0.25, 0.3) is 0 Å². The van der Waals surface area contributed by atoms with Crippen molar-refractivity contribution in [2.24, 2.45) is 29.4 Å². The third kappa shape index (κ3) is 19.7. The Morgan fingerprint density at radius 1 is 0.836 bits per heavy atom. The highest BCUT2D eigenvalue weighted by Crippen LogP contribution is 2.30. The molecule has 0 spiro atoms. The molecule has 412 valence electrons. The Morgan fingerprint density at radius 2 is 1.49 bits per heavy atom. The maximum absolute atomic E-state index is 14.5. The molecule has 0 saturated carbocycles. The largest absolute Gasteiger partial charge is 0.464 e. The molecule has 20 heteroatoms. The number of hydrogen-bond donors (Lipinski definition) is 5. The summed E-state index contributed by atoms with van der Waals surface area (Å²) in [4.78, 5) is 112. The summed E-state index contributed by atoms with van der Waals surface area (Å²) in [6.07, 6.45) is 1.80. The average molecular weight is 1030 g/mol. The summed E-state index contributed by atoms with van der Waals surface area (Å²) in [5.74, 6) is -4.93. The van der Waals surface area contributed by atoms with Crippen LogP contribution in [0.5, 0.6) is 0 Å². The maximum atomic E-state index is 14.5. The lowest BCUT2D eigenvalue weighted by molar-refractivity contribution is -0.148. The topological polar surface area (TPSA) is 257 Å². The third-order valence-corrected chi connectivity index (χ3v) is 13.5. The third-order valence-electron chi connectivity index (χ3n) is 13.5. The zero-order valence-corrected chi connectivity index (χ0v) is 45.8. The highest BCUT2D eigenvalue weighted by atomic mass is 16.5. The number of hydrogen-bond acceptors (Lipinski definition) is 14. The molecule has 0 aliphatic carbocycles. The van der Waals surface area contributed by atoms with Crippen LogP contribution >= 0.6 is 0 Å². The second-order valence-electron chi connectivity index (χ2n) is 20.0. The van der Waals surface area contributed by atoms with Crippen molar-refractivity contribution < 1.29 is 57.3 Å². The predicted molar refractivity (Wildman–Crippen MR) is 277 cm³/mol. The Morgan fingerprint density at radius 3 is 2.05 bits per heavy atom. The molecular formula is C53H88N8O12. The number of carbonyl (C=O) groups is 8. The lowest BCUT2D eigenvalue weighted by Crippen LogP contribution is -2.59. The SMILES string of the molecule is C=CCOC(=O)CC(N)C(=O)NC(C)C(=O)OCCCNC(=O)[C@H](Cc1ccccc1)NC(=O)[C@H](C)[C@@H](OC)[C@@H]1CCCN1C(=O)C[C@@H](OC)[C@H]([C@@H](C)CC)N(C)C(=O)C(NC(=O)[C@H](C(C)C)N(C)C)C(C)C. The van der Waals surface area contributed by atoms with Gasteiger partial charge in [-0.25, -0.2) is 4.79 Å². The van der Waals surface area contributed by atoms with Gasteiger partial charge in [0.15, 0.2) is 0 Å². The highest BCUT2D eigenvalue weighted by molar-refractivity contribution is 5.91. The van der Waals surface area contributed by atoms with Crippen molar-refractivity contribution in [1.29, 1.82) is 0 Å². The molecule has 1 aromatic carbocycles. The van der Waals surface area contributed by atoms with E-state index in [1.54, 1.807) is 23.8 Å². The summed E-state index contributed by atoms with van der Waals surface area (Å²) < 4.78 is 22.2. The molecule has 73 heavy (non-hydrogen) atoms. The van der Waals surface area contributed by atoms with Crippen molar-refractivity contribution in [1.82, 2.24) is 36.0 Å². The molecule has 6 N–H and O–H groups in total. The summed E-state index contributed by atoms with van der Waals surface area (Å²) in [6.45, 7) is 18.7. The number of carbonyl (C=O) groups excluding carboxylic acids is 8. The fourth-order valence-corrected chi connectivity index (χ4v) is 9.34. The molecule has 1 fully saturated rings. The lowest BCUT2D eigenvalue weighted by Gasteiger charge is -2.41. The number of rotatable bonds is 32. The van der Waals surface area contributed by atoms with Crippen LogP contribution in [0.3, 0.4) is 0 Å². The maximum Gasteiger partial charge on any atom is 0.328 e. The molecule has 0 aromatic heterocycles. The predicted octanol–water partition coefficient (Wildman–Crippen LogP) is 2.36. The molecule has 20 nitrogen and oxygen atoms in total. The van der Waals surface area contributed by atoms with Crippen LogP contribution in [-0.4, -0.2) is 178 Å². The van der Waals surface area contributed by atoms with Crippen molar-refractivity contribution in [3.8, 4) is 0 Å². The van der Waals surface area contributed by atoms with Gasteiger partial charge in [-0.2, -0.15) is 0 Å². The van der Waals surface area contributed by atoms with E-state index in [-0.39, 0.29) is 80.9 Å². The van der Waals surface area contributed by atoms with Gasteiger partial charge < -0.3 is 55.7 Å². The number of nitrogens with two attached hydrogens (primary N) is 1. The first-order valence-electron chi connectivity index (χ1n) is 25.6. The van der Waals surface area contributed by atoms with Crippen LogP contribution in [0.4, 0.5) is 0 Å². The van der Waals surface area contributed by atoms with Gasteiger partial charge >= 0.3 is 11.9 Å². The first kappa shape index (κ1) is 63.7. The van der Waals surface area contributed by atoms with Crippen molar-refractivity contribution >= 4 is 47.4 Å². The van der Waals surface area contributed by atoms with E-state index >= 15 is 0 Å². The Balaban J connectivity index is 2.17. The van der Waals surface area contributed by atoms with E-state index in [4.69, 9.17) is 24.7 Å². The van der Waals surface area contributed by atoms with Crippen molar-refractivity contribution in [2.45, 2.75) is 155 Å². The van der Waals surface area contributed by atoms with Crippen LogP contribution in [0.25, 0.3) is 0 Å². The molecular weight excluding hydrogens is 941 g/mol. The minimum absolute atomic E-state index is 0.00747. The molecule has 1 aliphatic heterocycles. The quantitative estimate of drug-likeness (QED) is 0.0395. The number of nitrogens with zero attached hydrogens (tertiary/aromatic N) is 3. The van der Waals surface area contributed by atoms with Crippen molar-refractivity contribution in [2.75, 3.05) is 61.7 Å². The van der Waals surface area contributed by atoms with Crippen molar-refractivity contribution in [3.05, 3.63) is 48.6 Å². The second-order valence-corrected chi connectivity index (χ2v) is 20.0. The Labute approximate surface area is 433 Å². The van der Waals surface area contributed by atoms with E-state index in [0.29, 0.717) is 25.8 Å². The minimum Gasteiger partial charge on any atom is -0.464 e. The number of nitrogens with one attached hydrogen (secondary N) is 4. The molecule has 0 radical (unpaired) electrons. The number of ether oxygens (including phenoxy) is 4. The Bertz CT molecular complexity index is 1950. The normalized spacial score (nSPS) is 17.7. The molecule has 11 atom stereocenters. The van der Waals surface area contributed by atoms with Gasteiger partial charge in [-0.3, -0.25) is 38.5 Å². The molecule has 0 bridgehead atoms. The van der Waals surface area contributed by atoms with Gasteiger partial charge in [0.1, 0.15) is 24.7 Å². The van der Waals surface area contributed by atoms with Gasteiger partial charge in [-0.15, -0.1) is 0 Å². The van der Waals surface area contributed by atoms with Gasteiger partial charge in [0.2, 0.25) is 35.4 Å². The van der Waals surface area contributed by atoms with Crippen LogP contribution in [-0.2, 0) is 63.7 Å². The molecule has 3 unspecified atom stereocenters. The number of esters is 2. The first-order chi connectivity index (χ1) is 34.4. The Hall–Kier alpha value is -5.44. The van der Waals surface area contributed by atoms with Gasteiger partial charge in [0, 0.05) is 40.8 Å². The first-order valence-corrected chi connectivity index (χ1v) is 25.6. The van der Waals surface area contributed by atoms with Crippen LogP contribution < -0.4 is 27.0 Å². The Kier molecular flexibility index (Phi) is 27.9. The summed E-state index contributed by atoms with van der Waals surface area (Å²) in [7, 11) is 8.40. The second kappa shape index (κ2) is 32.0. The van der Waals surface area contributed by atoms with E-state index in [1.165, 1.54) is 27.2 Å². The molecule has 2 rings (SSSR count). The number of likely N-dealkylation sites (tertiary alicyclic amines) is 1. The van der Waals surface area contributed by atoms with E-state index in [2.05, 4.69) is 27.8 Å². The molecule has 1 heterocycles. The summed E-state index contributed by atoms with van der Waals surface area (Å²) in [5, 5.41) is 11.2. The van der Waals surface area contributed by atoms with E-state index in [9.17, 15) is 38.4 Å². The number of amides is 6. The molecule has 6 amide bonds. The fraction of sp³-hybridized carbons (Fsp3) is 0.698. The summed E-state index contributed by atoms with van der Waals surface area (Å²) in [5.41, 5.74) is 6.58. The highest BCUT2D eigenvalue weighted by Gasteiger charge is 2.43. The van der Waals surface area contributed by atoms with Crippen LogP contribution in [0.2, 0.25) is 0 Å². The fourth-order valence-electron chi connectivity index (χ4n) is 9.34. The number of methoxy groups -OCH3 is 2. The van der Waals surface area contributed by atoms with Crippen LogP contribution in [0.15, 0.2) is 43.0 Å². The van der Waals surface area contributed by atoms with E-state index in [1.807, 2.05) is 90.9 Å². The van der Waals surface area contributed by atoms with Crippen LogP contribution in [0.1, 0.15) is 99.5 Å². The smallest absolute Gasteiger partial charge is 0.328 e. The molecule has 1 saturated heterocycles. The van der Waals surface area contributed by atoms with Gasteiger partial charge in [-0.05, 0) is 63.6 Å². The number of likely N-dealkylation sites (N-methyl/N-ethyl adjacent to an activating group) is 2. The van der Waals surface area contributed by atoms with Gasteiger partial charge in [-0.1, -0.05) is 97.9 Å². The summed E-state index contributed by atoms with van der Waals surface area (Å²) in [6, 6.07) is 3.64. The average Bonchev–Trinajstić information content (AvgIpc) is 3.83. The molecule has 1 aliphatic rings. The standard InChI is InChI=1S/C53H88N8O12/c1-15-27-72-43(63)30-38(54)49(65)56-36(9)53(69)73-28-21-25-55-50(66)39(29-37-22-18-17-19-23-37)57-48(64)35(8)47(71-14)40-24-20-26-61(40)42(62)31-41(70-13)46(34(7)16-2)60(12)52(68)44(32(3)4)58-51(67)45(33(5)6)59(10)11/h15,17-19,22-23,32-36,38-41,44-47H,1,16,20-21,24-31,54H2,2-14H3,(H,55,66)(H,56,65)(H,57,64)(H,58,67)/t34-,35+,36?,38?,39-,40-,41+,44?,45-,46-,47+/m0/s1. The monoisotopic (exact) mass is 1030 g/mol. The van der Waals surface area contributed by atoms with Crippen LogP contribution in [0, 0.1) is 23.7 Å². The van der Waals surface area contributed by atoms with E-state index in [0.717, 1.165) is 5.56 Å². The minimum atomic E-state index is -1.24. The lowest BCUT2D eigenvalue weighted by atomic mass is 9.89. The zero-order valence-electron chi connectivity index (χ0n) is 45.8. The molecule has 1 aromatic rings. The van der Waals surface area contributed by atoms with Crippen molar-refractivity contribution in [3.63, 3.8) is 0 Å².